The van der Waals surface area contributed by atoms with Crippen LogP contribution >= 0.6 is 0 Å². The van der Waals surface area contributed by atoms with E-state index < -0.39 is 0 Å². The van der Waals surface area contributed by atoms with Crippen LogP contribution in [0.1, 0.15) is 36.9 Å². The molecule has 0 amide bonds. The molecule has 0 aromatic carbocycles. The highest BCUT2D eigenvalue weighted by Crippen LogP contribution is 2.44. The number of fused-ring (bicyclic) bond motifs is 1. The molecule has 4 heteroatoms. The molecule has 0 spiro atoms. The van der Waals surface area contributed by atoms with Gasteiger partial charge in [0.25, 0.3) is 0 Å². The Balaban J connectivity index is 1.47. The number of nitrogens with one attached hydrogen (secondary N) is 1. The molecule has 0 unspecified atom stereocenters. The van der Waals surface area contributed by atoms with Gasteiger partial charge in [-0.1, -0.05) is 0 Å². The summed E-state index contributed by atoms with van der Waals surface area (Å²) in [5.74, 6) is 1.88. The molecule has 2 aliphatic rings. The molecule has 0 saturated heterocycles. The van der Waals surface area contributed by atoms with E-state index in [4.69, 9.17) is 0 Å². The van der Waals surface area contributed by atoms with Gasteiger partial charge >= 0.3 is 0 Å². The van der Waals surface area contributed by atoms with Gasteiger partial charge < -0.3 is 5.32 Å². The lowest BCUT2D eigenvalue weighted by Crippen LogP contribution is -2.32. The molecule has 0 aliphatic heterocycles. The summed E-state index contributed by atoms with van der Waals surface area (Å²) in [5, 5.41) is 8.17. The Bertz CT molecular complexity index is 583. The normalized spacial score (nSPS) is 19.5. The number of aromatic nitrogens is 3. The summed E-state index contributed by atoms with van der Waals surface area (Å²) in [7, 11) is 0. The van der Waals surface area contributed by atoms with Crippen LogP contribution in [0.5, 0.6) is 0 Å². The Hall–Kier alpha value is -1.42. The lowest BCUT2D eigenvalue weighted by molar-refractivity contribution is 0.415. The quantitative estimate of drug-likeness (QED) is 0.892. The number of aryl methyl sites for hydroxylation is 1. The smallest absolute Gasteiger partial charge is 0.155 e. The highest BCUT2D eigenvalue weighted by molar-refractivity contribution is 5.38. The fourth-order valence-electron chi connectivity index (χ4n) is 2.99. The monoisotopic (exact) mass is 256 g/mol. The van der Waals surface area contributed by atoms with Crippen LogP contribution in [0.3, 0.4) is 0 Å². The van der Waals surface area contributed by atoms with Gasteiger partial charge in [-0.3, -0.25) is 0 Å². The van der Waals surface area contributed by atoms with E-state index in [2.05, 4.69) is 21.6 Å². The third-order valence-corrected chi connectivity index (χ3v) is 4.29. The van der Waals surface area contributed by atoms with E-state index in [1.807, 2.05) is 23.7 Å². The molecule has 0 bridgehead atoms. The molecule has 2 aliphatic carbocycles. The topological polar surface area (TPSA) is 42.2 Å². The van der Waals surface area contributed by atoms with E-state index >= 15 is 0 Å². The van der Waals surface area contributed by atoms with Crippen LogP contribution in [0.15, 0.2) is 18.5 Å². The van der Waals surface area contributed by atoms with E-state index in [-0.39, 0.29) is 0 Å². The first kappa shape index (κ1) is 11.4. The molecule has 2 fully saturated rings. The fourth-order valence-corrected chi connectivity index (χ4v) is 2.99. The minimum atomic E-state index is 0.745. The molecular weight excluding hydrogens is 236 g/mol. The lowest BCUT2D eigenvalue weighted by Gasteiger charge is -2.17. The molecule has 2 aromatic heterocycles. The van der Waals surface area contributed by atoms with Crippen LogP contribution in [0.4, 0.5) is 0 Å². The minimum Gasteiger partial charge on any atom is -0.309 e. The zero-order chi connectivity index (χ0) is 12.8. The van der Waals surface area contributed by atoms with Gasteiger partial charge in [0, 0.05) is 36.6 Å². The van der Waals surface area contributed by atoms with Gasteiger partial charge in [0.1, 0.15) is 0 Å². The highest BCUT2D eigenvalue weighted by Gasteiger charge is 2.40. The van der Waals surface area contributed by atoms with Crippen LogP contribution in [-0.2, 0) is 6.54 Å². The van der Waals surface area contributed by atoms with Crippen LogP contribution in [-0.4, -0.2) is 20.6 Å². The van der Waals surface area contributed by atoms with Crippen molar-refractivity contribution >= 4 is 5.65 Å². The first-order valence-electron chi connectivity index (χ1n) is 7.34. The summed E-state index contributed by atoms with van der Waals surface area (Å²) >= 11 is 0. The molecule has 0 radical (unpaired) electrons. The Morgan fingerprint density at radius 2 is 2.05 bits per heavy atom. The SMILES string of the molecule is Cc1cc2ncc(CNC(C3CC3)C3CC3)cn2n1. The Labute approximate surface area is 113 Å². The first-order valence-corrected chi connectivity index (χ1v) is 7.34. The maximum atomic E-state index is 4.46. The van der Waals surface area contributed by atoms with E-state index in [0.717, 1.165) is 35.8 Å². The average molecular weight is 256 g/mol. The average Bonchev–Trinajstić information content (AvgIpc) is 3.27. The van der Waals surface area contributed by atoms with Crippen molar-refractivity contribution in [3.63, 3.8) is 0 Å². The molecular formula is C15H20N4. The zero-order valence-corrected chi connectivity index (χ0v) is 11.3. The van der Waals surface area contributed by atoms with Gasteiger partial charge in [0.05, 0.1) is 5.69 Å². The van der Waals surface area contributed by atoms with Crippen molar-refractivity contribution in [2.24, 2.45) is 11.8 Å². The largest absolute Gasteiger partial charge is 0.309 e. The summed E-state index contributed by atoms with van der Waals surface area (Å²) in [6.07, 6.45) is 9.75. The summed E-state index contributed by atoms with van der Waals surface area (Å²) in [6, 6.07) is 2.75. The highest BCUT2D eigenvalue weighted by atomic mass is 15.2. The number of hydrogen-bond acceptors (Lipinski definition) is 3. The summed E-state index contributed by atoms with van der Waals surface area (Å²) in [5.41, 5.74) is 3.18. The van der Waals surface area contributed by atoms with Crippen molar-refractivity contribution in [1.29, 1.82) is 0 Å². The molecule has 100 valence electrons. The predicted molar refractivity (Wildman–Crippen MR) is 73.8 cm³/mol. The molecule has 1 N–H and O–H groups in total. The van der Waals surface area contributed by atoms with Crippen molar-refractivity contribution in [2.75, 3.05) is 0 Å². The second-order valence-corrected chi connectivity index (χ2v) is 6.13. The molecule has 2 aromatic rings. The maximum absolute atomic E-state index is 4.46. The van der Waals surface area contributed by atoms with E-state index in [9.17, 15) is 0 Å². The van der Waals surface area contributed by atoms with Gasteiger partial charge in [0.2, 0.25) is 0 Å². The van der Waals surface area contributed by atoms with Crippen LogP contribution < -0.4 is 5.32 Å². The molecule has 4 nitrogen and oxygen atoms in total. The second kappa shape index (κ2) is 4.30. The van der Waals surface area contributed by atoms with Gasteiger partial charge in [-0.2, -0.15) is 5.10 Å². The van der Waals surface area contributed by atoms with Gasteiger partial charge in [-0.05, 0) is 44.4 Å². The Morgan fingerprint density at radius 1 is 1.32 bits per heavy atom. The van der Waals surface area contributed by atoms with Crippen LogP contribution in [0, 0.1) is 18.8 Å². The fraction of sp³-hybridized carbons (Fsp3) is 0.600. The summed E-state index contributed by atoms with van der Waals surface area (Å²) < 4.78 is 1.88. The standard InChI is InChI=1S/C15H20N4/c1-10-6-14-16-7-11(9-19(14)18-10)8-17-15(12-2-3-12)13-4-5-13/h6-7,9,12-13,15,17H,2-5,8H2,1H3. The maximum Gasteiger partial charge on any atom is 0.155 e. The zero-order valence-electron chi connectivity index (χ0n) is 11.3. The number of rotatable bonds is 5. The van der Waals surface area contributed by atoms with Crippen LogP contribution in [0.25, 0.3) is 5.65 Å². The van der Waals surface area contributed by atoms with E-state index in [1.165, 1.54) is 31.2 Å². The molecule has 19 heavy (non-hydrogen) atoms. The Kier molecular flexibility index (Phi) is 2.58. The third kappa shape index (κ3) is 2.37. The first-order chi connectivity index (χ1) is 9.29. The molecule has 0 atom stereocenters. The third-order valence-electron chi connectivity index (χ3n) is 4.29. The number of hydrogen-bond donors (Lipinski definition) is 1. The van der Waals surface area contributed by atoms with Crippen molar-refractivity contribution in [3.05, 3.63) is 29.7 Å². The lowest BCUT2D eigenvalue weighted by atomic mass is 10.1. The van der Waals surface area contributed by atoms with Gasteiger partial charge in [-0.25, -0.2) is 9.50 Å². The van der Waals surface area contributed by atoms with Gasteiger partial charge in [-0.15, -0.1) is 0 Å². The van der Waals surface area contributed by atoms with E-state index in [0.29, 0.717) is 0 Å². The Morgan fingerprint density at radius 3 is 2.74 bits per heavy atom. The van der Waals surface area contributed by atoms with Crippen molar-refractivity contribution in [2.45, 2.75) is 45.2 Å². The molecule has 4 rings (SSSR count). The van der Waals surface area contributed by atoms with Crippen molar-refractivity contribution in [1.82, 2.24) is 19.9 Å². The van der Waals surface area contributed by atoms with Crippen molar-refractivity contribution < 1.29 is 0 Å². The minimum absolute atomic E-state index is 0.745. The summed E-state index contributed by atoms with van der Waals surface area (Å²) in [4.78, 5) is 4.46. The second-order valence-electron chi connectivity index (χ2n) is 6.13. The van der Waals surface area contributed by atoms with Crippen molar-refractivity contribution in [3.8, 4) is 0 Å². The molecule has 2 heterocycles. The van der Waals surface area contributed by atoms with Crippen LogP contribution in [0.2, 0.25) is 0 Å². The van der Waals surface area contributed by atoms with E-state index in [1.54, 1.807) is 0 Å². The predicted octanol–water partition coefficient (Wildman–Crippen LogP) is 2.32. The summed E-state index contributed by atoms with van der Waals surface area (Å²) in [6.45, 7) is 2.92. The van der Waals surface area contributed by atoms with Gasteiger partial charge in [0.15, 0.2) is 5.65 Å². The number of nitrogens with zero attached hydrogens (tertiary/aromatic N) is 3. The molecule has 2 saturated carbocycles.